The number of nitrogens with two attached hydrogens (primary N) is 1. The first-order valence-corrected chi connectivity index (χ1v) is 7.72. The van der Waals surface area contributed by atoms with E-state index in [9.17, 15) is 18.0 Å². The first-order chi connectivity index (χ1) is 9.74. The van der Waals surface area contributed by atoms with Crippen LogP contribution in [0.4, 0.5) is 10.5 Å². The van der Waals surface area contributed by atoms with Crippen molar-refractivity contribution in [1.82, 2.24) is 5.32 Å². The number of hydrogen-bond acceptors (Lipinski definition) is 4. The van der Waals surface area contributed by atoms with Crippen LogP contribution in [0.3, 0.4) is 0 Å². The van der Waals surface area contributed by atoms with E-state index >= 15 is 0 Å². The topological polar surface area (TPSA) is 139 Å². The molecule has 1 aromatic rings. The van der Waals surface area contributed by atoms with Crippen molar-refractivity contribution in [2.45, 2.75) is 30.7 Å². The van der Waals surface area contributed by atoms with E-state index in [1.165, 1.54) is 24.3 Å². The summed E-state index contributed by atoms with van der Waals surface area (Å²) in [5.41, 5.74) is 0.320. The predicted octanol–water partition coefficient (Wildman–Crippen LogP) is 0.709. The van der Waals surface area contributed by atoms with Crippen molar-refractivity contribution in [1.29, 1.82) is 0 Å². The first kappa shape index (κ1) is 16.9. The highest BCUT2D eigenvalue weighted by atomic mass is 32.2. The van der Waals surface area contributed by atoms with Crippen LogP contribution in [-0.2, 0) is 14.8 Å². The molecule has 0 saturated carbocycles. The van der Waals surface area contributed by atoms with Crippen molar-refractivity contribution in [3.05, 3.63) is 24.3 Å². The number of aliphatic carboxylic acids is 1. The van der Waals surface area contributed by atoms with Gasteiger partial charge in [-0.25, -0.2) is 23.1 Å². The summed E-state index contributed by atoms with van der Waals surface area (Å²) in [5, 5.41) is 18.6. The molecule has 0 aliphatic rings. The van der Waals surface area contributed by atoms with Crippen LogP contribution in [0.5, 0.6) is 0 Å². The van der Waals surface area contributed by atoms with Gasteiger partial charge < -0.3 is 15.7 Å². The number of carbonyl (C=O) groups is 2. The molecule has 0 heterocycles. The molecule has 0 spiro atoms. The molecule has 8 nitrogen and oxygen atoms in total. The molecule has 0 saturated heterocycles. The minimum Gasteiger partial charge on any atom is -0.480 e. The molecule has 1 unspecified atom stereocenters. The van der Waals surface area contributed by atoms with Gasteiger partial charge in [-0.05, 0) is 30.7 Å². The number of carboxylic acids is 1. The molecule has 9 heteroatoms. The molecule has 1 rings (SSSR count). The van der Waals surface area contributed by atoms with Crippen LogP contribution in [0.25, 0.3) is 0 Å². The van der Waals surface area contributed by atoms with Crippen LogP contribution >= 0.6 is 0 Å². The number of anilines is 1. The van der Waals surface area contributed by atoms with Gasteiger partial charge in [-0.15, -0.1) is 0 Å². The Morgan fingerprint density at radius 1 is 1.29 bits per heavy atom. The van der Waals surface area contributed by atoms with Crippen molar-refractivity contribution in [3.63, 3.8) is 0 Å². The van der Waals surface area contributed by atoms with E-state index in [1.807, 2.05) is 6.92 Å². The second-order valence-electron chi connectivity index (χ2n) is 4.35. The van der Waals surface area contributed by atoms with E-state index in [2.05, 4.69) is 10.6 Å². The number of carboxylic acid groups (broad SMARTS) is 1. The van der Waals surface area contributed by atoms with Crippen LogP contribution in [-0.4, -0.2) is 31.6 Å². The lowest BCUT2D eigenvalue weighted by Gasteiger charge is -2.14. The largest absolute Gasteiger partial charge is 0.480 e. The van der Waals surface area contributed by atoms with Gasteiger partial charge in [-0.3, -0.25) is 0 Å². The Labute approximate surface area is 122 Å². The third kappa shape index (κ3) is 5.40. The molecule has 0 aromatic heterocycles. The first-order valence-electron chi connectivity index (χ1n) is 6.17. The summed E-state index contributed by atoms with van der Waals surface area (Å²) in [4.78, 5) is 22.5. The Kier molecular flexibility index (Phi) is 5.68. The molecule has 5 N–H and O–H groups in total. The maximum absolute atomic E-state index is 11.7. The number of urea groups is 1. The van der Waals surface area contributed by atoms with Gasteiger partial charge in [0.25, 0.3) is 0 Å². The molecule has 1 aromatic carbocycles. The van der Waals surface area contributed by atoms with Crippen LogP contribution in [0.2, 0.25) is 0 Å². The SMILES string of the molecule is CCCC(NC(=O)Nc1ccc(S(N)(=O)=O)cc1)C(=O)O. The van der Waals surface area contributed by atoms with Gasteiger partial charge in [0.05, 0.1) is 4.90 Å². The monoisotopic (exact) mass is 315 g/mol. The van der Waals surface area contributed by atoms with Gasteiger partial charge in [0.15, 0.2) is 0 Å². The zero-order valence-electron chi connectivity index (χ0n) is 11.4. The van der Waals surface area contributed by atoms with E-state index in [-0.39, 0.29) is 4.90 Å². The number of nitrogens with one attached hydrogen (secondary N) is 2. The summed E-state index contributed by atoms with van der Waals surface area (Å²) in [6, 6.07) is 3.54. The lowest BCUT2D eigenvalue weighted by molar-refractivity contribution is -0.139. The standard InChI is InChI=1S/C12H17N3O5S/c1-2-3-10(11(16)17)15-12(18)14-8-4-6-9(7-5-8)21(13,19)20/h4-7,10H,2-3H2,1H3,(H,16,17)(H2,13,19,20)(H2,14,15,18). The normalized spacial score (nSPS) is 12.5. The van der Waals surface area contributed by atoms with Gasteiger partial charge >= 0.3 is 12.0 Å². The number of sulfonamides is 1. The molecule has 21 heavy (non-hydrogen) atoms. The number of benzene rings is 1. The van der Waals surface area contributed by atoms with E-state index in [0.29, 0.717) is 18.5 Å². The van der Waals surface area contributed by atoms with Crippen molar-refractivity contribution in [2.24, 2.45) is 5.14 Å². The van der Waals surface area contributed by atoms with Crippen molar-refractivity contribution >= 4 is 27.7 Å². The van der Waals surface area contributed by atoms with Gasteiger partial charge in [0, 0.05) is 5.69 Å². The number of carbonyl (C=O) groups excluding carboxylic acids is 1. The third-order valence-corrected chi connectivity index (χ3v) is 3.55. The summed E-state index contributed by atoms with van der Waals surface area (Å²) in [7, 11) is -3.79. The molecule has 0 aliphatic heterocycles. The van der Waals surface area contributed by atoms with Gasteiger partial charge in [-0.2, -0.15) is 0 Å². The lowest BCUT2D eigenvalue weighted by Crippen LogP contribution is -2.42. The predicted molar refractivity (Wildman–Crippen MR) is 76.3 cm³/mol. The zero-order valence-corrected chi connectivity index (χ0v) is 12.2. The summed E-state index contributed by atoms with van der Waals surface area (Å²) >= 11 is 0. The van der Waals surface area contributed by atoms with Crippen LogP contribution in [0.1, 0.15) is 19.8 Å². The van der Waals surface area contributed by atoms with Crippen molar-refractivity contribution < 1.29 is 23.1 Å². The van der Waals surface area contributed by atoms with Crippen LogP contribution < -0.4 is 15.8 Å². The average Bonchev–Trinajstić information content (AvgIpc) is 2.37. The fourth-order valence-electron chi connectivity index (χ4n) is 1.60. The minimum atomic E-state index is -3.79. The Morgan fingerprint density at radius 2 is 1.86 bits per heavy atom. The Bertz CT molecular complexity index is 612. The van der Waals surface area contributed by atoms with Crippen LogP contribution in [0.15, 0.2) is 29.2 Å². The lowest BCUT2D eigenvalue weighted by atomic mass is 10.2. The fourth-order valence-corrected chi connectivity index (χ4v) is 2.11. The Hall–Kier alpha value is -2.13. The molecular weight excluding hydrogens is 298 g/mol. The number of hydrogen-bond donors (Lipinski definition) is 4. The summed E-state index contributed by atoms with van der Waals surface area (Å²) in [6.45, 7) is 1.81. The summed E-state index contributed by atoms with van der Waals surface area (Å²) in [5.74, 6) is -1.11. The summed E-state index contributed by atoms with van der Waals surface area (Å²) in [6.07, 6.45) is 0.924. The van der Waals surface area contributed by atoms with Gasteiger partial charge in [-0.1, -0.05) is 13.3 Å². The van der Waals surface area contributed by atoms with Gasteiger partial charge in [0.1, 0.15) is 6.04 Å². The quantitative estimate of drug-likeness (QED) is 0.612. The highest BCUT2D eigenvalue weighted by Gasteiger charge is 2.18. The van der Waals surface area contributed by atoms with E-state index in [1.54, 1.807) is 0 Å². The van der Waals surface area contributed by atoms with E-state index < -0.39 is 28.1 Å². The molecule has 116 valence electrons. The molecule has 0 bridgehead atoms. The van der Waals surface area contributed by atoms with E-state index in [4.69, 9.17) is 10.2 Å². The molecule has 0 fully saturated rings. The minimum absolute atomic E-state index is 0.0807. The van der Waals surface area contributed by atoms with Crippen molar-refractivity contribution in [3.8, 4) is 0 Å². The highest BCUT2D eigenvalue weighted by Crippen LogP contribution is 2.12. The smallest absolute Gasteiger partial charge is 0.326 e. The fraction of sp³-hybridized carbons (Fsp3) is 0.333. The molecule has 1 atom stereocenters. The average molecular weight is 315 g/mol. The summed E-state index contributed by atoms with van der Waals surface area (Å²) < 4.78 is 22.1. The number of amides is 2. The molecule has 0 aliphatic carbocycles. The van der Waals surface area contributed by atoms with Crippen LogP contribution in [0, 0.1) is 0 Å². The second kappa shape index (κ2) is 7.04. The maximum Gasteiger partial charge on any atom is 0.326 e. The third-order valence-electron chi connectivity index (χ3n) is 2.62. The highest BCUT2D eigenvalue weighted by molar-refractivity contribution is 7.89. The molecule has 2 amide bonds. The molecule has 0 radical (unpaired) electrons. The Morgan fingerprint density at radius 3 is 2.29 bits per heavy atom. The second-order valence-corrected chi connectivity index (χ2v) is 5.91. The number of primary sulfonamides is 1. The van der Waals surface area contributed by atoms with E-state index in [0.717, 1.165) is 0 Å². The zero-order chi connectivity index (χ0) is 16.0. The van der Waals surface area contributed by atoms with Crippen molar-refractivity contribution in [2.75, 3.05) is 5.32 Å². The van der Waals surface area contributed by atoms with Gasteiger partial charge in [0.2, 0.25) is 10.0 Å². The Balaban J connectivity index is 2.68. The molecular formula is C12H17N3O5S. The maximum atomic E-state index is 11.7. The number of rotatable bonds is 6.